The Morgan fingerprint density at radius 3 is 2.66 bits per heavy atom. The van der Waals surface area contributed by atoms with Gasteiger partial charge in [-0.2, -0.15) is 0 Å². The van der Waals surface area contributed by atoms with E-state index in [2.05, 4.69) is 10.2 Å². The largest absolute Gasteiger partial charge is 0.379 e. The Hall–Kier alpha value is -2.01. The molecule has 1 saturated heterocycles. The normalized spacial score (nSPS) is 15.2. The number of carbonyl (C=O) groups excluding carboxylic acids is 1. The molecular weight excluding hydrogens is 417 g/mol. The molecule has 1 aromatic heterocycles. The first kappa shape index (κ1) is 21.7. The van der Waals surface area contributed by atoms with Gasteiger partial charge in [0, 0.05) is 19.6 Å². The lowest BCUT2D eigenvalue weighted by Crippen LogP contribution is -2.42. The first-order valence-corrected chi connectivity index (χ1v) is 11.7. The number of thiophene rings is 1. The van der Waals surface area contributed by atoms with Crippen molar-refractivity contribution in [1.82, 2.24) is 10.2 Å². The monoisotopic (exact) mass is 441 g/mol. The highest BCUT2D eigenvalue weighted by molar-refractivity contribution is 7.94. The molecule has 1 aromatic carbocycles. The molecule has 3 rings (SSSR count). The second-order valence-corrected chi connectivity index (χ2v) is 9.59. The average molecular weight is 442 g/mol. The fourth-order valence-electron chi connectivity index (χ4n) is 3.01. The summed E-state index contributed by atoms with van der Waals surface area (Å²) < 4.78 is 46.5. The highest BCUT2D eigenvalue weighted by Gasteiger charge is 2.29. The number of hydrogen-bond donors (Lipinski definition) is 1. The Bertz CT molecular complexity index is 900. The quantitative estimate of drug-likeness (QED) is 0.602. The molecule has 0 spiro atoms. The second kappa shape index (κ2) is 10.1. The molecule has 1 amide bonds. The van der Waals surface area contributed by atoms with Crippen LogP contribution >= 0.6 is 11.3 Å². The third kappa shape index (κ3) is 5.75. The number of hydrogen-bond acceptors (Lipinski definition) is 6. The van der Waals surface area contributed by atoms with Gasteiger partial charge in [-0.15, -0.1) is 11.3 Å². The molecule has 0 atom stereocenters. The van der Waals surface area contributed by atoms with Crippen molar-refractivity contribution >= 4 is 33.0 Å². The lowest BCUT2D eigenvalue weighted by molar-refractivity contribution is -0.119. The number of amides is 1. The topological polar surface area (TPSA) is 79.0 Å². The van der Waals surface area contributed by atoms with E-state index < -0.39 is 28.3 Å². The van der Waals surface area contributed by atoms with Gasteiger partial charge >= 0.3 is 0 Å². The highest BCUT2D eigenvalue weighted by atomic mass is 32.2. The van der Waals surface area contributed by atoms with Crippen molar-refractivity contribution in [3.8, 4) is 0 Å². The van der Waals surface area contributed by atoms with E-state index in [1.165, 1.54) is 30.3 Å². The van der Waals surface area contributed by atoms with Crippen LogP contribution in [-0.2, 0) is 19.6 Å². The van der Waals surface area contributed by atoms with Crippen LogP contribution in [0.4, 0.5) is 10.1 Å². The van der Waals surface area contributed by atoms with E-state index in [0.717, 1.165) is 41.7 Å². The molecule has 0 radical (unpaired) electrons. The molecule has 2 aromatic rings. The van der Waals surface area contributed by atoms with Gasteiger partial charge in [-0.1, -0.05) is 18.2 Å². The number of nitrogens with zero attached hydrogens (tertiary/aromatic N) is 2. The van der Waals surface area contributed by atoms with Gasteiger partial charge in [-0.05, 0) is 36.5 Å². The Morgan fingerprint density at radius 1 is 1.21 bits per heavy atom. The number of anilines is 1. The molecular formula is C19H24FN3O4S2. The molecule has 158 valence electrons. The Balaban J connectivity index is 1.64. The summed E-state index contributed by atoms with van der Waals surface area (Å²) in [7, 11) is -4.05. The van der Waals surface area contributed by atoms with Crippen LogP contribution in [-0.4, -0.2) is 65.2 Å². The van der Waals surface area contributed by atoms with Crippen LogP contribution in [0, 0.1) is 5.82 Å². The average Bonchev–Trinajstić information content (AvgIpc) is 3.27. The van der Waals surface area contributed by atoms with Crippen LogP contribution in [0.15, 0.2) is 46.0 Å². The van der Waals surface area contributed by atoms with E-state index in [0.29, 0.717) is 19.8 Å². The van der Waals surface area contributed by atoms with Gasteiger partial charge in [0.2, 0.25) is 5.91 Å². The third-order valence-corrected chi connectivity index (χ3v) is 7.66. The summed E-state index contributed by atoms with van der Waals surface area (Å²) in [6.07, 6.45) is 0.739. The smallest absolute Gasteiger partial charge is 0.274 e. The number of ether oxygens (including phenoxy) is 1. The molecule has 7 nitrogen and oxygen atoms in total. The molecule has 29 heavy (non-hydrogen) atoms. The van der Waals surface area contributed by atoms with Gasteiger partial charge in [0.05, 0.1) is 18.9 Å². The standard InChI is InChI=1S/C19H24FN3O4S2/c20-16-5-1-2-6-17(16)23(29(25,26)19-7-3-14-28-19)15-18(24)21-8-4-9-22-10-12-27-13-11-22/h1-3,5-7,14H,4,8-13,15H2,(H,21,24). The molecule has 2 heterocycles. The van der Waals surface area contributed by atoms with Crippen LogP contribution in [0.2, 0.25) is 0 Å². The predicted molar refractivity (Wildman–Crippen MR) is 110 cm³/mol. The number of para-hydroxylation sites is 1. The van der Waals surface area contributed by atoms with E-state index in [-0.39, 0.29) is 9.90 Å². The van der Waals surface area contributed by atoms with Gasteiger partial charge in [-0.25, -0.2) is 12.8 Å². The van der Waals surface area contributed by atoms with Gasteiger partial charge < -0.3 is 10.1 Å². The summed E-state index contributed by atoms with van der Waals surface area (Å²) in [5.74, 6) is -1.18. The van der Waals surface area contributed by atoms with Gasteiger partial charge in [0.1, 0.15) is 16.6 Å². The van der Waals surface area contributed by atoms with E-state index in [9.17, 15) is 17.6 Å². The Kier molecular flexibility index (Phi) is 7.59. The van der Waals surface area contributed by atoms with Crippen LogP contribution in [0.1, 0.15) is 6.42 Å². The number of carbonyl (C=O) groups is 1. The molecule has 1 aliphatic heterocycles. The van der Waals surface area contributed by atoms with Crippen LogP contribution < -0.4 is 9.62 Å². The summed E-state index contributed by atoms with van der Waals surface area (Å²) in [5, 5.41) is 4.36. The van der Waals surface area contributed by atoms with Gasteiger partial charge in [0.15, 0.2) is 0 Å². The van der Waals surface area contributed by atoms with E-state index in [1.807, 2.05) is 0 Å². The number of morpholine rings is 1. The van der Waals surface area contributed by atoms with Gasteiger partial charge in [-0.3, -0.25) is 14.0 Å². The van der Waals surface area contributed by atoms with Crippen molar-refractivity contribution in [2.45, 2.75) is 10.6 Å². The molecule has 1 fully saturated rings. The first-order chi connectivity index (χ1) is 14.0. The molecule has 0 bridgehead atoms. The van der Waals surface area contributed by atoms with Crippen molar-refractivity contribution in [2.24, 2.45) is 0 Å². The summed E-state index contributed by atoms with van der Waals surface area (Å²) in [4.78, 5) is 14.7. The maximum atomic E-state index is 14.3. The number of sulfonamides is 1. The van der Waals surface area contributed by atoms with E-state index in [4.69, 9.17) is 4.74 Å². The maximum absolute atomic E-state index is 14.3. The minimum absolute atomic E-state index is 0.0564. The molecule has 10 heteroatoms. The van der Waals surface area contributed by atoms with Crippen LogP contribution in [0.5, 0.6) is 0 Å². The Morgan fingerprint density at radius 2 is 1.97 bits per heavy atom. The summed E-state index contributed by atoms with van der Waals surface area (Å²) in [6, 6.07) is 8.58. The summed E-state index contributed by atoms with van der Waals surface area (Å²) in [6.45, 7) is 3.92. The third-order valence-electron chi connectivity index (χ3n) is 4.52. The van der Waals surface area contributed by atoms with E-state index in [1.54, 1.807) is 11.4 Å². The molecule has 1 aliphatic rings. The maximum Gasteiger partial charge on any atom is 0.274 e. The predicted octanol–water partition coefficient (Wildman–Crippen LogP) is 1.92. The Labute approximate surface area is 174 Å². The van der Waals surface area contributed by atoms with Crippen LogP contribution in [0.25, 0.3) is 0 Å². The number of benzene rings is 1. The zero-order valence-corrected chi connectivity index (χ0v) is 17.6. The lowest BCUT2D eigenvalue weighted by atomic mass is 10.3. The number of nitrogens with one attached hydrogen (secondary N) is 1. The lowest BCUT2D eigenvalue weighted by Gasteiger charge is -2.26. The molecule has 1 N–H and O–H groups in total. The fraction of sp³-hybridized carbons (Fsp3) is 0.421. The molecule has 0 aliphatic carbocycles. The summed E-state index contributed by atoms with van der Waals surface area (Å²) in [5.41, 5.74) is -0.149. The minimum atomic E-state index is -4.05. The molecule has 0 saturated carbocycles. The van der Waals surface area contributed by atoms with Crippen LogP contribution in [0.3, 0.4) is 0 Å². The summed E-state index contributed by atoms with van der Waals surface area (Å²) >= 11 is 1.02. The fourth-order valence-corrected chi connectivity index (χ4v) is 5.55. The van der Waals surface area contributed by atoms with Crippen molar-refractivity contribution in [2.75, 3.05) is 50.2 Å². The van der Waals surface area contributed by atoms with Crippen molar-refractivity contribution in [3.63, 3.8) is 0 Å². The van der Waals surface area contributed by atoms with Crippen molar-refractivity contribution < 1.29 is 22.3 Å². The second-order valence-electron chi connectivity index (χ2n) is 6.55. The van der Waals surface area contributed by atoms with Crippen molar-refractivity contribution in [1.29, 1.82) is 0 Å². The van der Waals surface area contributed by atoms with Gasteiger partial charge in [0.25, 0.3) is 10.0 Å². The van der Waals surface area contributed by atoms with E-state index >= 15 is 0 Å². The number of rotatable bonds is 9. The zero-order valence-electron chi connectivity index (χ0n) is 15.9. The molecule has 0 unspecified atom stereocenters. The highest BCUT2D eigenvalue weighted by Crippen LogP contribution is 2.28. The number of halogens is 1. The zero-order chi connectivity index (χ0) is 20.7. The first-order valence-electron chi connectivity index (χ1n) is 9.36. The van der Waals surface area contributed by atoms with Crippen molar-refractivity contribution in [3.05, 3.63) is 47.6 Å². The minimum Gasteiger partial charge on any atom is -0.379 e. The SMILES string of the molecule is O=C(CN(c1ccccc1F)S(=O)(=O)c1cccs1)NCCCN1CCOCC1.